The first-order chi connectivity index (χ1) is 9.10. The van der Waals surface area contributed by atoms with Crippen molar-refractivity contribution in [1.82, 2.24) is 10.2 Å². The molecule has 0 aromatic heterocycles. The summed E-state index contributed by atoms with van der Waals surface area (Å²) in [5, 5.41) is 3.70. The lowest BCUT2D eigenvalue weighted by molar-refractivity contribution is 0.112. The van der Waals surface area contributed by atoms with Crippen molar-refractivity contribution in [2.24, 2.45) is 5.92 Å². The summed E-state index contributed by atoms with van der Waals surface area (Å²) in [6.45, 7) is 12.5. The quantitative estimate of drug-likeness (QED) is 0.894. The Kier molecular flexibility index (Phi) is 5.00. The normalized spacial score (nSPS) is 26.3. The first-order valence-electron chi connectivity index (χ1n) is 7.63. The Morgan fingerprint density at radius 3 is 2.63 bits per heavy atom. The van der Waals surface area contributed by atoms with E-state index < -0.39 is 0 Å². The van der Waals surface area contributed by atoms with Crippen molar-refractivity contribution in [3.63, 3.8) is 0 Å². The molecule has 1 aromatic rings. The van der Waals surface area contributed by atoms with E-state index in [0.717, 1.165) is 19.0 Å². The van der Waals surface area contributed by atoms with Gasteiger partial charge in [-0.25, -0.2) is 0 Å². The topological polar surface area (TPSA) is 15.3 Å². The van der Waals surface area contributed by atoms with E-state index in [1.807, 2.05) is 0 Å². The van der Waals surface area contributed by atoms with E-state index >= 15 is 0 Å². The number of benzene rings is 1. The molecule has 0 spiro atoms. The fraction of sp³-hybridized carbons (Fsp3) is 0.647. The Bertz CT molecular complexity index is 385. The van der Waals surface area contributed by atoms with E-state index in [4.69, 9.17) is 0 Å². The standard InChI is InChI=1S/C17H28N2/c1-5-14(3)17-12-19(15(4)10-18-17)11-16-8-6-13(2)7-9-16/h6-9,14-15,17-18H,5,10-12H2,1-4H3. The average Bonchev–Trinajstić information content (AvgIpc) is 2.43. The lowest BCUT2D eigenvalue weighted by atomic mass is 9.95. The van der Waals surface area contributed by atoms with Crippen molar-refractivity contribution in [2.75, 3.05) is 13.1 Å². The molecule has 0 bridgehead atoms. The number of piperazine rings is 1. The van der Waals surface area contributed by atoms with Gasteiger partial charge in [0.15, 0.2) is 0 Å². The van der Waals surface area contributed by atoms with E-state index in [-0.39, 0.29) is 0 Å². The van der Waals surface area contributed by atoms with Crippen LogP contribution in [0.4, 0.5) is 0 Å². The summed E-state index contributed by atoms with van der Waals surface area (Å²) in [6, 6.07) is 10.2. The SMILES string of the molecule is CCC(C)C1CN(Cc2ccc(C)cc2)C(C)CN1. The van der Waals surface area contributed by atoms with Crippen LogP contribution in [-0.4, -0.2) is 30.1 Å². The molecule has 1 N–H and O–H groups in total. The van der Waals surface area contributed by atoms with Gasteiger partial charge in [0, 0.05) is 31.7 Å². The summed E-state index contributed by atoms with van der Waals surface area (Å²) >= 11 is 0. The zero-order chi connectivity index (χ0) is 13.8. The van der Waals surface area contributed by atoms with Gasteiger partial charge in [0.05, 0.1) is 0 Å². The Morgan fingerprint density at radius 2 is 2.00 bits per heavy atom. The highest BCUT2D eigenvalue weighted by Gasteiger charge is 2.27. The minimum absolute atomic E-state index is 0.626. The summed E-state index contributed by atoms with van der Waals surface area (Å²) < 4.78 is 0. The number of aryl methyl sites for hydroxylation is 1. The molecule has 1 heterocycles. The van der Waals surface area contributed by atoms with Gasteiger partial charge in [-0.15, -0.1) is 0 Å². The van der Waals surface area contributed by atoms with Crippen LogP contribution in [0.2, 0.25) is 0 Å². The van der Waals surface area contributed by atoms with Crippen molar-refractivity contribution in [3.05, 3.63) is 35.4 Å². The van der Waals surface area contributed by atoms with Crippen LogP contribution in [0.1, 0.15) is 38.3 Å². The van der Waals surface area contributed by atoms with Gasteiger partial charge in [0.25, 0.3) is 0 Å². The van der Waals surface area contributed by atoms with Crippen LogP contribution in [-0.2, 0) is 6.54 Å². The van der Waals surface area contributed by atoms with Crippen molar-refractivity contribution < 1.29 is 0 Å². The molecule has 3 atom stereocenters. The predicted molar refractivity (Wildman–Crippen MR) is 82.3 cm³/mol. The van der Waals surface area contributed by atoms with Crippen LogP contribution >= 0.6 is 0 Å². The van der Waals surface area contributed by atoms with E-state index in [1.54, 1.807) is 0 Å². The van der Waals surface area contributed by atoms with E-state index in [9.17, 15) is 0 Å². The molecule has 3 unspecified atom stereocenters. The number of hydrogen-bond acceptors (Lipinski definition) is 2. The molecule has 106 valence electrons. The molecule has 2 rings (SSSR count). The fourth-order valence-corrected chi connectivity index (χ4v) is 2.76. The molecule has 1 aromatic carbocycles. The summed E-state index contributed by atoms with van der Waals surface area (Å²) in [4.78, 5) is 2.62. The second-order valence-electron chi connectivity index (χ2n) is 6.16. The second-order valence-corrected chi connectivity index (χ2v) is 6.16. The molecule has 0 aliphatic carbocycles. The minimum Gasteiger partial charge on any atom is -0.311 e. The third-order valence-electron chi connectivity index (χ3n) is 4.57. The second kappa shape index (κ2) is 6.53. The summed E-state index contributed by atoms with van der Waals surface area (Å²) in [5.41, 5.74) is 2.77. The Morgan fingerprint density at radius 1 is 1.32 bits per heavy atom. The van der Waals surface area contributed by atoms with Gasteiger partial charge in [-0.2, -0.15) is 0 Å². The molecule has 2 nitrogen and oxygen atoms in total. The molecule has 19 heavy (non-hydrogen) atoms. The van der Waals surface area contributed by atoms with Crippen LogP contribution < -0.4 is 5.32 Å². The van der Waals surface area contributed by atoms with Crippen molar-refractivity contribution in [3.8, 4) is 0 Å². The minimum atomic E-state index is 0.626. The van der Waals surface area contributed by atoms with Crippen molar-refractivity contribution in [2.45, 2.75) is 52.7 Å². The first-order valence-corrected chi connectivity index (χ1v) is 7.63. The number of nitrogens with zero attached hydrogens (tertiary/aromatic N) is 1. The van der Waals surface area contributed by atoms with Gasteiger partial charge in [-0.05, 0) is 25.3 Å². The molecule has 0 amide bonds. The van der Waals surface area contributed by atoms with E-state index in [1.165, 1.54) is 24.1 Å². The number of hydrogen-bond donors (Lipinski definition) is 1. The maximum Gasteiger partial charge on any atom is 0.0237 e. The molecule has 0 saturated carbocycles. The Hall–Kier alpha value is -0.860. The fourth-order valence-electron chi connectivity index (χ4n) is 2.76. The molecule has 1 fully saturated rings. The molecule has 0 radical (unpaired) electrons. The smallest absolute Gasteiger partial charge is 0.0237 e. The lowest BCUT2D eigenvalue weighted by Crippen LogP contribution is -2.56. The first kappa shape index (κ1) is 14.5. The predicted octanol–water partition coefficient (Wildman–Crippen LogP) is 3.20. The van der Waals surface area contributed by atoms with Gasteiger partial charge in [-0.3, -0.25) is 4.90 Å². The Balaban J connectivity index is 1.99. The largest absolute Gasteiger partial charge is 0.311 e. The lowest BCUT2D eigenvalue weighted by Gasteiger charge is -2.41. The van der Waals surface area contributed by atoms with Gasteiger partial charge in [-0.1, -0.05) is 50.1 Å². The molecular weight excluding hydrogens is 232 g/mol. The van der Waals surface area contributed by atoms with Crippen molar-refractivity contribution >= 4 is 0 Å². The van der Waals surface area contributed by atoms with Gasteiger partial charge < -0.3 is 5.32 Å². The number of rotatable bonds is 4. The van der Waals surface area contributed by atoms with Crippen molar-refractivity contribution in [1.29, 1.82) is 0 Å². The van der Waals surface area contributed by atoms with Crippen LogP contribution in [0, 0.1) is 12.8 Å². The summed E-state index contributed by atoms with van der Waals surface area (Å²) in [7, 11) is 0. The third-order valence-corrected chi connectivity index (χ3v) is 4.57. The zero-order valence-corrected chi connectivity index (χ0v) is 12.8. The van der Waals surface area contributed by atoms with Gasteiger partial charge in [0.2, 0.25) is 0 Å². The van der Waals surface area contributed by atoms with E-state index in [0.29, 0.717) is 12.1 Å². The zero-order valence-electron chi connectivity index (χ0n) is 12.8. The van der Waals surface area contributed by atoms with Crippen LogP contribution in [0.3, 0.4) is 0 Å². The monoisotopic (exact) mass is 260 g/mol. The van der Waals surface area contributed by atoms with Crippen LogP contribution in [0.5, 0.6) is 0 Å². The average molecular weight is 260 g/mol. The van der Waals surface area contributed by atoms with Gasteiger partial charge in [0.1, 0.15) is 0 Å². The van der Waals surface area contributed by atoms with Crippen LogP contribution in [0.25, 0.3) is 0 Å². The number of nitrogens with one attached hydrogen (secondary N) is 1. The van der Waals surface area contributed by atoms with Crippen LogP contribution in [0.15, 0.2) is 24.3 Å². The molecule has 1 aliphatic heterocycles. The molecule has 1 aliphatic rings. The third kappa shape index (κ3) is 3.80. The van der Waals surface area contributed by atoms with E-state index in [2.05, 4.69) is 62.2 Å². The van der Waals surface area contributed by atoms with Gasteiger partial charge >= 0.3 is 0 Å². The maximum absolute atomic E-state index is 3.70. The molecule has 1 saturated heterocycles. The highest BCUT2D eigenvalue weighted by Crippen LogP contribution is 2.18. The highest BCUT2D eigenvalue weighted by molar-refractivity contribution is 5.21. The molecular formula is C17H28N2. The Labute approximate surface area is 118 Å². The maximum atomic E-state index is 3.70. The summed E-state index contributed by atoms with van der Waals surface area (Å²) in [5.74, 6) is 0.757. The molecule has 2 heteroatoms. The highest BCUT2D eigenvalue weighted by atomic mass is 15.2. The summed E-state index contributed by atoms with van der Waals surface area (Å²) in [6.07, 6.45) is 1.25.